The van der Waals surface area contributed by atoms with E-state index in [1.807, 2.05) is 30.3 Å². The van der Waals surface area contributed by atoms with Crippen molar-refractivity contribution in [2.45, 2.75) is 11.4 Å². The van der Waals surface area contributed by atoms with Gasteiger partial charge >= 0.3 is 0 Å². The number of amides is 1. The second-order valence-corrected chi connectivity index (χ2v) is 5.71. The van der Waals surface area contributed by atoms with Crippen LogP contribution in [0.3, 0.4) is 0 Å². The summed E-state index contributed by atoms with van der Waals surface area (Å²) in [4.78, 5) is 16.9. The Morgan fingerprint density at radius 2 is 2.05 bits per heavy atom. The zero-order valence-electron chi connectivity index (χ0n) is 11.5. The van der Waals surface area contributed by atoms with Crippen LogP contribution < -0.4 is 10.1 Å². The van der Waals surface area contributed by atoms with Gasteiger partial charge in [-0.3, -0.25) is 4.79 Å². The van der Waals surface area contributed by atoms with Gasteiger partial charge in [0.05, 0.1) is 12.9 Å². The van der Waals surface area contributed by atoms with E-state index in [0.717, 1.165) is 10.5 Å². The normalized spacial score (nSPS) is 10.2. The van der Waals surface area contributed by atoms with Crippen LogP contribution in [0.1, 0.15) is 5.56 Å². The van der Waals surface area contributed by atoms with Crippen molar-refractivity contribution in [3.05, 3.63) is 53.2 Å². The number of carbonyl (C=O) groups excluding carboxylic acids is 1. The van der Waals surface area contributed by atoms with Crippen molar-refractivity contribution < 1.29 is 9.53 Å². The quantitative estimate of drug-likeness (QED) is 0.830. The summed E-state index contributed by atoms with van der Waals surface area (Å²) in [6, 6.07) is 11.1. The molecule has 0 saturated carbocycles. The number of benzene rings is 1. The molecule has 6 heteroatoms. The molecule has 21 heavy (non-hydrogen) atoms. The predicted octanol–water partition coefficient (Wildman–Crippen LogP) is 3.15. The minimum absolute atomic E-state index is 0.0224. The number of aromatic nitrogens is 1. The lowest BCUT2D eigenvalue weighted by molar-refractivity contribution is -0.118. The van der Waals surface area contributed by atoms with Crippen LogP contribution in [0.5, 0.6) is 5.88 Å². The highest BCUT2D eigenvalue weighted by Crippen LogP contribution is 2.19. The Balaban J connectivity index is 1.75. The molecule has 1 aromatic carbocycles. The summed E-state index contributed by atoms with van der Waals surface area (Å²) < 4.78 is 4.98. The van der Waals surface area contributed by atoms with E-state index in [4.69, 9.17) is 16.3 Å². The first-order valence-corrected chi connectivity index (χ1v) is 7.68. The largest absolute Gasteiger partial charge is 0.481 e. The predicted molar refractivity (Wildman–Crippen MR) is 84.8 cm³/mol. The Morgan fingerprint density at radius 1 is 1.29 bits per heavy atom. The number of halogens is 1. The molecule has 0 aliphatic heterocycles. The van der Waals surface area contributed by atoms with Crippen molar-refractivity contribution in [2.24, 2.45) is 0 Å². The van der Waals surface area contributed by atoms with Gasteiger partial charge in [-0.1, -0.05) is 17.7 Å². The lowest BCUT2D eigenvalue weighted by atomic mass is 10.3. The van der Waals surface area contributed by atoms with Gasteiger partial charge in [0.15, 0.2) is 0 Å². The van der Waals surface area contributed by atoms with Crippen molar-refractivity contribution in [1.29, 1.82) is 0 Å². The molecule has 1 amide bonds. The van der Waals surface area contributed by atoms with Crippen LogP contribution in [0.4, 0.5) is 0 Å². The number of rotatable bonds is 6. The standard InChI is InChI=1S/C15H15ClN2O2S/c1-20-15-7-2-11(9-18-15)8-17-14(19)10-21-13-5-3-12(16)4-6-13/h2-7,9H,8,10H2,1H3,(H,17,19). The molecule has 2 rings (SSSR count). The minimum atomic E-state index is -0.0224. The number of methoxy groups -OCH3 is 1. The molecule has 0 radical (unpaired) electrons. The summed E-state index contributed by atoms with van der Waals surface area (Å²) >= 11 is 7.28. The molecule has 0 saturated heterocycles. The molecule has 4 nitrogen and oxygen atoms in total. The van der Waals surface area contributed by atoms with E-state index in [9.17, 15) is 4.79 Å². The molecule has 0 unspecified atom stereocenters. The SMILES string of the molecule is COc1ccc(CNC(=O)CSc2ccc(Cl)cc2)cn1. The summed E-state index contributed by atoms with van der Waals surface area (Å²) in [7, 11) is 1.57. The number of nitrogens with one attached hydrogen (secondary N) is 1. The lowest BCUT2D eigenvalue weighted by Crippen LogP contribution is -2.24. The second kappa shape index (κ2) is 7.90. The highest BCUT2D eigenvalue weighted by molar-refractivity contribution is 8.00. The van der Waals surface area contributed by atoms with E-state index in [-0.39, 0.29) is 5.91 Å². The van der Waals surface area contributed by atoms with Gasteiger partial charge in [0.25, 0.3) is 0 Å². The smallest absolute Gasteiger partial charge is 0.230 e. The van der Waals surface area contributed by atoms with Gasteiger partial charge in [-0.15, -0.1) is 11.8 Å². The van der Waals surface area contributed by atoms with Crippen molar-refractivity contribution >= 4 is 29.3 Å². The number of hydrogen-bond donors (Lipinski definition) is 1. The zero-order chi connectivity index (χ0) is 15.1. The van der Waals surface area contributed by atoms with Gasteiger partial charge in [-0.2, -0.15) is 0 Å². The maximum absolute atomic E-state index is 11.8. The molecule has 1 N–H and O–H groups in total. The molecule has 0 fully saturated rings. The average molecular weight is 323 g/mol. The third-order valence-corrected chi connectivity index (χ3v) is 3.94. The van der Waals surface area contributed by atoms with E-state index in [1.165, 1.54) is 11.8 Å². The number of carbonyl (C=O) groups is 1. The molecule has 1 heterocycles. The Kier molecular flexibility index (Phi) is 5.90. The maximum Gasteiger partial charge on any atom is 0.230 e. The molecule has 0 bridgehead atoms. The average Bonchev–Trinajstić information content (AvgIpc) is 2.53. The molecule has 110 valence electrons. The number of pyridine rings is 1. The van der Waals surface area contributed by atoms with Crippen LogP contribution in [-0.2, 0) is 11.3 Å². The summed E-state index contributed by atoms with van der Waals surface area (Å²) in [5.41, 5.74) is 0.931. The van der Waals surface area contributed by atoms with Crippen LogP contribution >= 0.6 is 23.4 Å². The molecule has 0 aliphatic carbocycles. The topological polar surface area (TPSA) is 51.2 Å². The fraction of sp³-hybridized carbons (Fsp3) is 0.200. The van der Waals surface area contributed by atoms with Crippen LogP contribution in [-0.4, -0.2) is 23.8 Å². The first-order chi connectivity index (χ1) is 10.2. The lowest BCUT2D eigenvalue weighted by Gasteiger charge is -2.06. The fourth-order valence-corrected chi connectivity index (χ4v) is 2.42. The Hall–Kier alpha value is -1.72. The molecule has 0 aliphatic rings. The number of nitrogens with zero attached hydrogens (tertiary/aromatic N) is 1. The first-order valence-electron chi connectivity index (χ1n) is 6.31. The highest BCUT2D eigenvalue weighted by Gasteiger charge is 2.03. The zero-order valence-corrected chi connectivity index (χ0v) is 13.1. The third-order valence-electron chi connectivity index (χ3n) is 2.68. The maximum atomic E-state index is 11.8. The Bertz CT molecular complexity index is 588. The monoisotopic (exact) mass is 322 g/mol. The number of thioether (sulfide) groups is 1. The van der Waals surface area contributed by atoms with Crippen LogP contribution in [0.25, 0.3) is 0 Å². The van der Waals surface area contributed by atoms with Crippen LogP contribution in [0, 0.1) is 0 Å². The van der Waals surface area contributed by atoms with E-state index in [2.05, 4.69) is 10.3 Å². The molecule has 0 atom stereocenters. The van der Waals surface area contributed by atoms with E-state index < -0.39 is 0 Å². The first kappa shape index (κ1) is 15.7. The minimum Gasteiger partial charge on any atom is -0.481 e. The summed E-state index contributed by atoms with van der Waals surface area (Å²) in [5.74, 6) is 0.903. The van der Waals surface area contributed by atoms with Crippen molar-refractivity contribution in [1.82, 2.24) is 10.3 Å². The van der Waals surface area contributed by atoms with Gasteiger partial charge in [-0.05, 0) is 29.8 Å². The number of hydrogen-bond acceptors (Lipinski definition) is 4. The summed E-state index contributed by atoms with van der Waals surface area (Å²) in [6.45, 7) is 0.455. The van der Waals surface area contributed by atoms with Crippen LogP contribution in [0.2, 0.25) is 5.02 Å². The van der Waals surface area contributed by atoms with Gasteiger partial charge in [0.2, 0.25) is 11.8 Å². The molecule has 1 aromatic heterocycles. The van der Waals surface area contributed by atoms with Gasteiger partial charge in [0.1, 0.15) is 0 Å². The third kappa shape index (κ3) is 5.28. The Morgan fingerprint density at radius 3 is 2.67 bits per heavy atom. The van der Waals surface area contributed by atoms with E-state index in [0.29, 0.717) is 23.2 Å². The molecular formula is C15H15ClN2O2S. The van der Waals surface area contributed by atoms with Crippen molar-refractivity contribution in [3.63, 3.8) is 0 Å². The molecule has 2 aromatic rings. The Labute approximate surface area is 132 Å². The summed E-state index contributed by atoms with van der Waals surface area (Å²) in [5, 5.41) is 3.54. The molecular weight excluding hydrogens is 308 g/mol. The van der Waals surface area contributed by atoms with E-state index in [1.54, 1.807) is 19.4 Å². The fourth-order valence-electron chi connectivity index (χ4n) is 1.57. The number of ether oxygens (including phenoxy) is 1. The van der Waals surface area contributed by atoms with Crippen molar-refractivity contribution in [2.75, 3.05) is 12.9 Å². The van der Waals surface area contributed by atoms with Crippen molar-refractivity contribution in [3.8, 4) is 5.88 Å². The van der Waals surface area contributed by atoms with Crippen LogP contribution in [0.15, 0.2) is 47.5 Å². The molecule has 0 spiro atoms. The van der Waals surface area contributed by atoms with E-state index >= 15 is 0 Å². The second-order valence-electron chi connectivity index (χ2n) is 4.23. The van der Waals surface area contributed by atoms with Gasteiger partial charge in [0, 0.05) is 28.7 Å². The van der Waals surface area contributed by atoms with Gasteiger partial charge in [-0.25, -0.2) is 4.98 Å². The summed E-state index contributed by atoms with van der Waals surface area (Å²) in [6.07, 6.45) is 1.69. The highest BCUT2D eigenvalue weighted by atomic mass is 35.5. The van der Waals surface area contributed by atoms with Gasteiger partial charge < -0.3 is 10.1 Å².